The van der Waals surface area contributed by atoms with Gasteiger partial charge in [0, 0.05) is 32.7 Å². The molecule has 1 N–H and O–H groups in total. The topological polar surface area (TPSA) is 15.3 Å². The molecule has 0 aromatic rings. The number of nitrogens with one attached hydrogen (secondary N) is 1. The van der Waals surface area contributed by atoms with Gasteiger partial charge in [0.25, 0.3) is 0 Å². The van der Waals surface area contributed by atoms with Gasteiger partial charge in [-0.15, -0.1) is 0 Å². The van der Waals surface area contributed by atoms with Crippen molar-refractivity contribution < 1.29 is 0 Å². The van der Waals surface area contributed by atoms with Crippen molar-refractivity contribution in [2.45, 2.75) is 26.7 Å². The molecule has 2 bridgehead atoms. The first-order chi connectivity index (χ1) is 7.68. The minimum absolute atomic E-state index is 0.595. The Labute approximate surface area is 99.1 Å². The van der Waals surface area contributed by atoms with E-state index in [4.69, 9.17) is 0 Å². The third-order valence-corrected chi connectivity index (χ3v) is 5.20. The molecule has 0 spiro atoms. The maximum Gasteiger partial charge on any atom is 0.0196 e. The molecular formula is C14H24N2. The lowest BCUT2D eigenvalue weighted by atomic mass is 9.49. The Kier molecular flexibility index (Phi) is 2.60. The molecule has 2 nitrogen and oxygen atoms in total. The molecule has 1 saturated heterocycles. The summed E-state index contributed by atoms with van der Waals surface area (Å²) in [6, 6.07) is 0. The molecule has 2 unspecified atom stereocenters. The molecule has 0 aromatic carbocycles. The van der Waals surface area contributed by atoms with Gasteiger partial charge >= 0.3 is 0 Å². The van der Waals surface area contributed by atoms with Crippen LogP contribution in [0.5, 0.6) is 0 Å². The summed E-state index contributed by atoms with van der Waals surface area (Å²) in [7, 11) is 0. The van der Waals surface area contributed by atoms with E-state index in [0.29, 0.717) is 5.41 Å². The molecule has 1 aliphatic heterocycles. The first-order valence-corrected chi connectivity index (χ1v) is 6.80. The van der Waals surface area contributed by atoms with Gasteiger partial charge in [0.15, 0.2) is 0 Å². The number of piperazine rings is 1. The monoisotopic (exact) mass is 220 g/mol. The zero-order chi connectivity index (χ0) is 11.2. The Morgan fingerprint density at radius 1 is 1.38 bits per heavy atom. The highest BCUT2D eigenvalue weighted by molar-refractivity contribution is 5.24. The molecule has 3 aliphatic carbocycles. The van der Waals surface area contributed by atoms with Crippen molar-refractivity contribution in [1.82, 2.24) is 10.2 Å². The van der Waals surface area contributed by atoms with Crippen molar-refractivity contribution in [2.75, 3.05) is 32.7 Å². The van der Waals surface area contributed by atoms with Gasteiger partial charge in [0.2, 0.25) is 0 Å². The number of nitrogens with zero attached hydrogens (tertiary/aromatic N) is 1. The van der Waals surface area contributed by atoms with E-state index in [0.717, 1.165) is 11.8 Å². The van der Waals surface area contributed by atoms with Crippen LogP contribution in [0.25, 0.3) is 0 Å². The van der Waals surface area contributed by atoms with Gasteiger partial charge in [0.1, 0.15) is 0 Å². The summed E-state index contributed by atoms with van der Waals surface area (Å²) in [6.45, 7) is 11.0. The van der Waals surface area contributed by atoms with Crippen LogP contribution in [-0.2, 0) is 0 Å². The molecule has 0 amide bonds. The predicted octanol–water partition coefficient (Wildman–Crippen LogP) is 1.88. The van der Waals surface area contributed by atoms with Crippen LogP contribution in [-0.4, -0.2) is 37.6 Å². The number of hydrogen-bond donors (Lipinski definition) is 1. The lowest BCUT2D eigenvalue weighted by Crippen LogP contribution is -2.51. The van der Waals surface area contributed by atoms with E-state index in [1.54, 1.807) is 5.57 Å². The van der Waals surface area contributed by atoms with Gasteiger partial charge in [-0.2, -0.15) is 0 Å². The van der Waals surface area contributed by atoms with Crippen molar-refractivity contribution in [1.29, 1.82) is 0 Å². The molecule has 0 aromatic heterocycles. The van der Waals surface area contributed by atoms with Gasteiger partial charge in [-0.05, 0) is 30.1 Å². The van der Waals surface area contributed by atoms with Gasteiger partial charge in [-0.1, -0.05) is 25.5 Å². The molecule has 2 fully saturated rings. The van der Waals surface area contributed by atoms with Gasteiger partial charge in [0.05, 0.1) is 0 Å². The molecule has 1 heterocycles. The Balaban J connectivity index is 1.65. The summed E-state index contributed by atoms with van der Waals surface area (Å²) < 4.78 is 0. The van der Waals surface area contributed by atoms with Crippen LogP contribution in [0.4, 0.5) is 0 Å². The highest BCUT2D eigenvalue weighted by atomic mass is 15.2. The molecule has 0 radical (unpaired) electrons. The summed E-state index contributed by atoms with van der Waals surface area (Å²) >= 11 is 0. The minimum atomic E-state index is 0.595. The van der Waals surface area contributed by atoms with Crippen molar-refractivity contribution >= 4 is 0 Å². The lowest BCUT2D eigenvalue weighted by molar-refractivity contribution is -0.0109. The second-order valence-electron chi connectivity index (χ2n) is 6.35. The molecule has 2 heteroatoms. The zero-order valence-corrected chi connectivity index (χ0v) is 10.6. The van der Waals surface area contributed by atoms with Crippen LogP contribution < -0.4 is 5.32 Å². The smallest absolute Gasteiger partial charge is 0.0196 e. The maximum atomic E-state index is 3.43. The number of allylic oxidation sites excluding steroid dienone is 1. The second-order valence-corrected chi connectivity index (χ2v) is 6.35. The summed E-state index contributed by atoms with van der Waals surface area (Å²) in [5.41, 5.74) is 2.34. The summed E-state index contributed by atoms with van der Waals surface area (Å²) in [4.78, 5) is 2.62. The third kappa shape index (κ3) is 1.63. The fraction of sp³-hybridized carbons (Fsp3) is 0.857. The van der Waals surface area contributed by atoms with Gasteiger partial charge in [-0.25, -0.2) is 0 Å². The summed E-state index contributed by atoms with van der Waals surface area (Å²) in [5, 5.41) is 3.43. The zero-order valence-electron chi connectivity index (χ0n) is 10.6. The van der Waals surface area contributed by atoms with Gasteiger partial charge < -0.3 is 5.32 Å². The molecule has 2 atom stereocenters. The Morgan fingerprint density at radius 2 is 2.12 bits per heavy atom. The van der Waals surface area contributed by atoms with Gasteiger partial charge in [-0.3, -0.25) is 4.90 Å². The molecule has 16 heavy (non-hydrogen) atoms. The van der Waals surface area contributed by atoms with E-state index in [1.165, 1.54) is 45.6 Å². The number of rotatable bonds is 2. The van der Waals surface area contributed by atoms with E-state index in [1.807, 2.05) is 0 Å². The molecular weight excluding hydrogens is 196 g/mol. The van der Waals surface area contributed by atoms with Crippen LogP contribution in [0, 0.1) is 17.3 Å². The van der Waals surface area contributed by atoms with Crippen LogP contribution in [0.15, 0.2) is 11.6 Å². The third-order valence-electron chi connectivity index (χ3n) is 5.20. The molecule has 1 saturated carbocycles. The minimum Gasteiger partial charge on any atom is -0.314 e. The standard InChI is InChI=1S/C14H24N2/c1-14(2)12-4-3-11(13(14)9-12)10-16-7-5-15-6-8-16/h3,12-13,15H,4-10H2,1-2H3. The maximum absolute atomic E-state index is 3.43. The van der Waals surface area contributed by atoms with Crippen molar-refractivity contribution in [3.63, 3.8) is 0 Å². The van der Waals surface area contributed by atoms with E-state index < -0.39 is 0 Å². The van der Waals surface area contributed by atoms with E-state index in [-0.39, 0.29) is 0 Å². The van der Waals surface area contributed by atoms with Crippen molar-refractivity contribution in [3.8, 4) is 0 Å². The average molecular weight is 220 g/mol. The van der Waals surface area contributed by atoms with Crippen molar-refractivity contribution in [3.05, 3.63) is 11.6 Å². The SMILES string of the molecule is CC1(C)C2CC=C(CN3CCNCC3)C1C2. The Hall–Kier alpha value is -0.340. The quantitative estimate of drug-likeness (QED) is 0.715. The van der Waals surface area contributed by atoms with Crippen LogP contribution in [0.2, 0.25) is 0 Å². The van der Waals surface area contributed by atoms with Crippen LogP contribution in [0.3, 0.4) is 0 Å². The highest BCUT2D eigenvalue weighted by Crippen LogP contribution is 2.59. The largest absolute Gasteiger partial charge is 0.314 e. The normalized spacial score (nSPS) is 37.8. The predicted molar refractivity (Wildman–Crippen MR) is 67.4 cm³/mol. The van der Waals surface area contributed by atoms with Crippen LogP contribution >= 0.6 is 0 Å². The fourth-order valence-electron chi connectivity index (χ4n) is 3.78. The van der Waals surface area contributed by atoms with E-state index >= 15 is 0 Å². The molecule has 4 rings (SSSR count). The Morgan fingerprint density at radius 3 is 2.75 bits per heavy atom. The fourth-order valence-corrected chi connectivity index (χ4v) is 3.78. The number of hydrogen-bond acceptors (Lipinski definition) is 2. The highest BCUT2D eigenvalue weighted by Gasteiger charge is 2.51. The molecule has 90 valence electrons. The first kappa shape index (κ1) is 10.8. The second kappa shape index (κ2) is 3.85. The average Bonchev–Trinajstić information content (AvgIpc) is 2.30. The first-order valence-electron chi connectivity index (χ1n) is 6.80. The van der Waals surface area contributed by atoms with E-state index in [9.17, 15) is 0 Å². The Bertz CT molecular complexity index is 300. The van der Waals surface area contributed by atoms with Crippen LogP contribution in [0.1, 0.15) is 26.7 Å². The number of fused-ring (bicyclic) bond motifs is 1. The van der Waals surface area contributed by atoms with Crippen molar-refractivity contribution in [2.24, 2.45) is 17.3 Å². The summed E-state index contributed by atoms with van der Waals surface area (Å²) in [5.74, 6) is 1.87. The van der Waals surface area contributed by atoms with E-state index in [2.05, 4.69) is 30.1 Å². The lowest BCUT2D eigenvalue weighted by Gasteiger charge is -2.57. The molecule has 4 aliphatic rings. The summed E-state index contributed by atoms with van der Waals surface area (Å²) in [6.07, 6.45) is 5.35.